The van der Waals surface area contributed by atoms with Gasteiger partial charge in [-0.25, -0.2) is 4.98 Å². The number of halogens is 1. The molecule has 174 valence electrons. The van der Waals surface area contributed by atoms with Crippen LogP contribution < -0.4 is 0 Å². The van der Waals surface area contributed by atoms with Crippen LogP contribution >= 0.6 is 11.6 Å². The van der Waals surface area contributed by atoms with Crippen molar-refractivity contribution >= 4 is 11.6 Å². The van der Waals surface area contributed by atoms with Gasteiger partial charge in [0.1, 0.15) is 5.82 Å². The van der Waals surface area contributed by atoms with Crippen LogP contribution in [0.5, 0.6) is 0 Å². The molecule has 0 spiro atoms. The third kappa shape index (κ3) is 4.60. The lowest BCUT2D eigenvalue weighted by Gasteiger charge is -2.38. The number of hydrogen-bond acceptors (Lipinski definition) is 4. The van der Waals surface area contributed by atoms with Crippen LogP contribution in [-0.2, 0) is 48.9 Å². The zero-order chi connectivity index (χ0) is 22.8. The third-order valence-corrected chi connectivity index (χ3v) is 7.49. The largest absolute Gasteiger partial charge is 0.382 e. The molecule has 1 unspecified atom stereocenters. The van der Waals surface area contributed by atoms with E-state index in [0.717, 1.165) is 48.8 Å². The van der Waals surface area contributed by atoms with Gasteiger partial charge in [-0.1, -0.05) is 41.9 Å². The van der Waals surface area contributed by atoms with Crippen molar-refractivity contribution in [1.29, 1.82) is 0 Å². The van der Waals surface area contributed by atoms with Crippen molar-refractivity contribution in [2.24, 2.45) is 7.05 Å². The number of nitrogens with zero attached hydrogens (tertiary/aromatic N) is 3. The SMILES string of the molecule is COCCOCc1cccc2c1CC(N1CCc3nc(-c4ccccc4Cl)n(C)c3C1)CC2. The Morgan fingerprint density at radius 3 is 2.82 bits per heavy atom. The molecule has 0 N–H and O–H groups in total. The summed E-state index contributed by atoms with van der Waals surface area (Å²) in [5, 5.41) is 0.754. The molecule has 2 aromatic carbocycles. The Kier molecular flexibility index (Phi) is 6.84. The first-order valence-electron chi connectivity index (χ1n) is 11.9. The molecule has 0 fully saturated rings. The molecule has 1 atom stereocenters. The molecule has 1 aromatic heterocycles. The molecule has 33 heavy (non-hydrogen) atoms. The summed E-state index contributed by atoms with van der Waals surface area (Å²) >= 11 is 6.48. The second-order valence-electron chi connectivity index (χ2n) is 9.08. The van der Waals surface area contributed by atoms with Crippen molar-refractivity contribution in [3.63, 3.8) is 0 Å². The fraction of sp³-hybridized carbons (Fsp3) is 0.444. The zero-order valence-electron chi connectivity index (χ0n) is 19.5. The average molecular weight is 466 g/mol. The van der Waals surface area contributed by atoms with E-state index in [2.05, 4.69) is 40.8 Å². The van der Waals surface area contributed by atoms with Gasteiger partial charge >= 0.3 is 0 Å². The Labute approximate surface area is 201 Å². The fourth-order valence-electron chi connectivity index (χ4n) is 5.32. The van der Waals surface area contributed by atoms with Crippen LogP contribution in [0.25, 0.3) is 11.4 Å². The number of hydrogen-bond donors (Lipinski definition) is 0. The van der Waals surface area contributed by atoms with E-state index in [1.165, 1.54) is 34.5 Å². The molecule has 5 rings (SSSR count). The molecular formula is C27H32ClN3O2. The minimum Gasteiger partial charge on any atom is -0.382 e. The molecule has 3 aromatic rings. The number of aromatic nitrogens is 2. The monoisotopic (exact) mass is 465 g/mol. The zero-order valence-corrected chi connectivity index (χ0v) is 20.3. The van der Waals surface area contributed by atoms with Crippen molar-refractivity contribution in [1.82, 2.24) is 14.5 Å². The normalized spacial score (nSPS) is 18.2. The van der Waals surface area contributed by atoms with Crippen molar-refractivity contribution in [3.8, 4) is 11.4 Å². The van der Waals surface area contributed by atoms with Crippen molar-refractivity contribution in [2.45, 2.75) is 44.9 Å². The lowest BCUT2D eigenvalue weighted by atomic mass is 9.84. The Bertz CT molecular complexity index is 1130. The van der Waals surface area contributed by atoms with Gasteiger partial charge in [0.15, 0.2) is 0 Å². The predicted octanol–water partition coefficient (Wildman–Crippen LogP) is 4.82. The number of imidazole rings is 1. The van der Waals surface area contributed by atoms with Crippen LogP contribution in [0.2, 0.25) is 5.02 Å². The number of fused-ring (bicyclic) bond motifs is 2. The van der Waals surface area contributed by atoms with Crippen molar-refractivity contribution in [2.75, 3.05) is 26.9 Å². The number of methoxy groups -OCH3 is 1. The van der Waals surface area contributed by atoms with Crippen molar-refractivity contribution in [3.05, 3.63) is 75.6 Å². The molecule has 0 bridgehead atoms. The van der Waals surface area contributed by atoms with E-state index in [9.17, 15) is 0 Å². The van der Waals surface area contributed by atoms with Gasteiger partial charge in [0.25, 0.3) is 0 Å². The second kappa shape index (κ2) is 9.98. The van der Waals surface area contributed by atoms with Crippen LogP contribution in [0.4, 0.5) is 0 Å². The molecule has 6 heteroatoms. The first-order chi connectivity index (χ1) is 16.2. The molecule has 0 saturated heterocycles. The summed E-state index contributed by atoms with van der Waals surface area (Å²) in [6.07, 6.45) is 4.40. The predicted molar refractivity (Wildman–Crippen MR) is 132 cm³/mol. The van der Waals surface area contributed by atoms with Gasteiger partial charge in [-0.15, -0.1) is 0 Å². The number of aryl methyl sites for hydroxylation is 1. The van der Waals surface area contributed by atoms with E-state index >= 15 is 0 Å². The molecular weight excluding hydrogens is 434 g/mol. The maximum absolute atomic E-state index is 6.48. The topological polar surface area (TPSA) is 39.5 Å². The first-order valence-corrected chi connectivity index (χ1v) is 12.2. The maximum atomic E-state index is 6.48. The van der Waals surface area contributed by atoms with E-state index in [4.69, 9.17) is 26.1 Å². The number of rotatable bonds is 7. The van der Waals surface area contributed by atoms with Crippen LogP contribution in [-0.4, -0.2) is 47.4 Å². The summed E-state index contributed by atoms with van der Waals surface area (Å²) in [5.41, 5.74) is 7.84. The summed E-state index contributed by atoms with van der Waals surface area (Å²) in [6.45, 7) is 3.92. The van der Waals surface area contributed by atoms with Crippen LogP contribution in [0.1, 0.15) is 34.5 Å². The van der Waals surface area contributed by atoms with Crippen LogP contribution in [0, 0.1) is 0 Å². The Morgan fingerprint density at radius 1 is 1.09 bits per heavy atom. The average Bonchev–Trinajstić information content (AvgIpc) is 3.17. The summed E-state index contributed by atoms with van der Waals surface area (Å²) in [5.74, 6) is 0.969. The highest BCUT2D eigenvalue weighted by Gasteiger charge is 2.31. The third-order valence-electron chi connectivity index (χ3n) is 7.16. The lowest BCUT2D eigenvalue weighted by molar-refractivity contribution is 0.0610. The van der Waals surface area contributed by atoms with Crippen LogP contribution in [0.15, 0.2) is 42.5 Å². The Hall–Kier alpha value is -2.18. The van der Waals surface area contributed by atoms with E-state index < -0.39 is 0 Å². The summed E-state index contributed by atoms with van der Waals surface area (Å²) < 4.78 is 13.2. The smallest absolute Gasteiger partial charge is 0.141 e. The quantitative estimate of drug-likeness (QED) is 0.469. The molecule has 0 amide bonds. The summed E-state index contributed by atoms with van der Waals surface area (Å²) in [4.78, 5) is 7.64. The highest BCUT2D eigenvalue weighted by atomic mass is 35.5. The Balaban J connectivity index is 1.33. The molecule has 0 radical (unpaired) electrons. The van der Waals surface area contributed by atoms with Gasteiger partial charge in [0.2, 0.25) is 0 Å². The molecule has 1 aliphatic heterocycles. The maximum Gasteiger partial charge on any atom is 0.141 e. The van der Waals surface area contributed by atoms with Gasteiger partial charge in [0.05, 0.1) is 36.2 Å². The summed E-state index contributed by atoms with van der Waals surface area (Å²) in [7, 11) is 3.83. The fourth-order valence-corrected chi connectivity index (χ4v) is 5.54. The first kappa shape index (κ1) is 22.6. The molecule has 2 heterocycles. The molecule has 5 nitrogen and oxygen atoms in total. The van der Waals surface area contributed by atoms with Gasteiger partial charge < -0.3 is 14.0 Å². The summed E-state index contributed by atoms with van der Waals surface area (Å²) in [6, 6.07) is 15.2. The van der Waals surface area contributed by atoms with Gasteiger partial charge in [0, 0.05) is 45.3 Å². The minimum atomic E-state index is 0.546. The molecule has 0 saturated carbocycles. The Morgan fingerprint density at radius 2 is 1.97 bits per heavy atom. The lowest BCUT2D eigenvalue weighted by Crippen LogP contribution is -2.43. The highest BCUT2D eigenvalue weighted by Crippen LogP contribution is 2.33. The number of ether oxygens (including phenoxy) is 2. The van der Waals surface area contributed by atoms with Gasteiger partial charge in [-0.2, -0.15) is 0 Å². The van der Waals surface area contributed by atoms with E-state index in [1.807, 2.05) is 18.2 Å². The van der Waals surface area contributed by atoms with Crippen molar-refractivity contribution < 1.29 is 9.47 Å². The standard InChI is InChI=1S/C27H32ClN3O2/c1-30-26-17-31(13-12-25(26)29-27(30)22-8-3-4-9-24(22)28)21-11-10-19-6-5-7-20(23(19)16-21)18-33-15-14-32-2/h3-9,21H,10-18H2,1-2H3. The van der Waals surface area contributed by atoms with Gasteiger partial charge in [-0.05, 0) is 48.1 Å². The highest BCUT2D eigenvalue weighted by molar-refractivity contribution is 6.33. The van der Waals surface area contributed by atoms with Gasteiger partial charge in [-0.3, -0.25) is 4.90 Å². The van der Waals surface area contributed by atoms with Crippen LogP contribution in [0.3, 0.4) is 0 Å². The molecule has 1 aliphatic carbocycles. The van der Waals surface area contributed by atoms with E-state index in [1.54, 1.807) is 7.11 Å². The minimum absolute atomic E-state index is 0.546. The number of benzene rings is 2. The van der Waals surface area contributed by atoms with E-state index in [0.29, 0.717) is 25.9 Å². The second-order valence-corrected chi connectivity index (χ2v) is 9.49. The van der Waals surface area contributed by atoms with E-state index in [-0.39, 0.29) is 0 Å². The molecule has 2 aliphatic rings.